The van der Waals surface area contributed by atoms with Crippen LogP contribution in [0.3, 0.4) is 0 Å². The van der Waals surface area contributed by atoms with E-state index in [1.165, 1.54) is 12.1 Å². The van der Waals surface area contributed by atoms with Crippen molar-refractivity contribution in [2.45, 2.75) is 11.4 Å². The van der Waals surface area contributed by atoms with Crippen molar-refractivity contribution >= 4 is 16.0 Å². The molecule has 0 radical (unpaired) electrons. The zero-order valence-corrected chi connectivity index (χ0v) is 20.4. The number of methoxy groups -OCH3 is 1. The third-order valence-electron chi connectivity index (χ3n) is 5.53. The van der Waals surface area contributed by atoms with E-state index in [0.717, 1.165) is 33.6 Å². The Hall–Kier alpha value is -4.61. The molecule has 0 heterocycles. The molecule has 4 aromatic carbocycles. The van der Waals surface area contributed by atoms with Crippen LogP contribution in [-0.2, 0) is 16.6 Å². The van der Waals surface area contributed by atoms with E-state index in [0.29, 0.717) is 5.56 Å². The predicted molar refractivity (Wildman–Crippen MR) is 141 cm³/mol. The zero-order chi connectivity index (χ0) is 25.5. The van der Waals surface area contributed by atoms with Gasteiger partial charge in [0.15, 0.2) is 0 Å². The van der Waals surface area contributed by atoms with Gasteiger partial charge in [0.25, 0.3) is 10.0 Å². The Kier molecular flexibility index (Phi) is 7.33. The van der Waals surface area contributed by atoms with Crippen LogP contribution in [0.2, 0.25) is 0 Å². The van der Waals surface area contributed by atoms with Gasteiger partial charge in [-0.15, -0.1) is 0 Å². The normalized spacial score (nSPS) is 11.5. The molecule has 0 amide bonds. The molecule has 0 aliphatic heterocycles. The molecule has 0 spiro atoms. The summed E-state index contributed by atoms with van der Waals surface area (Å²) in [5.74, 6) is 0.555. The Bertz CT molecular complexity index is 1520. The number of nitrogens with one attached hydrogen (secondary N) is 1. The van der Waals surface area contributed by atoms with Gasteiger partial charge in [-0.2, -0.15) is 5.26 Å². The van der Waals surface area contributed by atoms with Gasteiger partial charge >= 0.3 is 0 Å². The van der Waals surface area contributed by atoms with Gasteiger partial charge in [0, 0.05) is 0 Å². The van der Waals surface area contributed by atoms with Crippen LogP contribution in [0.5, 0.6) is 5.75 Å². The average Bonchev–Trinajstić information content (AvgIpc) is 2.92. The smallest absolute Gasteiger partial charge is 0.264 e. The molecule has 0 saturated carbocycles. The lowest BCUT2D eigenvalue weighted by Crippen LogP contribution is -2.36. The number of ether oxygens (including phenoxy) is 1. The standard InChI is InChI=1S/C28H24N4O3S/c1-35-24-14-12-23(13-15-24)27-17-21(9-16-26(27)22-10-7-20(18-29)8-11-22)19-31-28(30)32-36(33,34)25-5-3-2-4-6-25/h2-17H,19H2,1H3,(H3,30,31,32). The predicted octanol–water partition coefficient (Wildman–Crippen LogP) is 4.69. The van der Waals surface area contributed by atoms with E-state index < -0.39 is 10.0 Å². The number of nitriles is 1. The summed E-state index contributed by atoms with van der Waals surface area (Å²) in [5.41, 5.74) is 11.2. The summed E-state index contributed by atoms with van der Waals surface area (Å²) in [6, 6.07) is 31.1. The van der Waals surface area contributed by atoms with Gasteiger partial charge in [-0.1, -0.05) is 54.6 Å². The molecule has 36 heavy (non-hydrogen) atoms. The van der Waals surface area contributed by atoms with E-state index in [1.807, 2.05) is 54.6 Å². The first-order chi connectivity index (χ1) is 17.4. The molecule has 0 aromatic heterocycles. The van der Waals surface area contributed by atoms with Crippen LogP contribution >= 0.6 is 0 Å². The topological polar surface area (TPSA) is 118 Å². The molecule has 0 unspecified atom stereocenters. The van der Waals surface area contributed by atoms with Crippen molar-refractivity contribution in [1.82, 2.24) is 4.72 Å². The summed E-state index contributed by atoms with van der Waals surface area (Å²) in [6.45, 7) is 0.181. The largest absolute Gasteiger partial charge is 0.497 e. The summed E-state index contributed by atoms with van der Waals surface area (Å²) in [6.07, 6.45) is 0. The molecule has 4 rings (SSSR count). The molecule has 0 atom stereocenters. The number of sulfonamides is 1. The van der Waals surface area contributed by atoms with Crippen molar-refractivity contribution in [1.29, 1.82) is 5.26 Å². The Morgan fingerprint density at radius 2 is 1.56 bits per heavy atom. The van der Waals surface area contributed by atoms with Gasteiger partial charge in [0.05, 0.1) is 30.2 Å². The minimum absolute atomic E-state index is 0.108. The number of hydrogen-bond donors (Lipinski definition) is 2. The summed E-state index contributed by atoms with van der Waals surface area (Å²) < 4.78 is 32.6. The summed E-state index contributed by atoms with van der Waals surface area (Å²) in [7, 11) is -2.19. The molecule has 4 aromatic rings. The van der Waals surface area contributed by atoms with Gasteiger partial charge < -0.3 is 10.5 Å². The van der Waals surface area contributed by atoms with Crippen molar-refractivity contribution in [2.75, 3.05) is 7.11 Å². The fourth-order valence-electron chi connectivity index (χ4n) is 3.68. The molecule has 180 valence electrons. The minimum atomic E-state index is -3.81. The Labute approximate surface area is 210 Å². The summed E-state index contributed by atoms with van der Waals surface area (Å²) in [5, 5.41) is 9.13. The van der Waals surface area contributed by atoms with Crippen molar-refractivity contribution < 1.29 is 13.2 Å². The van der Waals surface area contributed by atoms with Crippen LogP contribution < -0.4 is 15.2 Å². The third-order valence-corrected chi connectivity index (χ3v) is 6.91. The van der Waals surface area contributed by atoms with E-state index in [-0.39, 0.29) is 17.4 Å². The van der Waals surface area contributed by atoms with Gasteiger partial charge in [-0.05, 0) is 70.3 Å². The molecular weight excluding hydrogens is 472 g/mol. The van der Waals surface area contributed by atoms with Crippen LogP contribution in [0.4, 0.5) is 0 Å². The molecule has 7 nitrogen and oxygen atoms in total. The Morgan fingerprint density at radius 3 is 2.19 bits per heavy atom. The Morgan fingerprint density at radius 1 is 0.917 bits per heavy atom. The molecular formula is C28H24N4O3S. The highest BCUT2D eigenvalue weighted by molar-refractivity contribution is 7.90. The molecule has 8 heteroatoms. The first kappa shape index (κ1) is 24.5. The molecule has 0 aliphatic rings. The number of aliphatic imine (C=N–C) groups is 1. The maximum Gasteiger partial charge on any atom is 0.264 e. The summed E-state index contributed by atoms with van der Waals surface area (Å²) >= 11 is 0. The first-order valence-electron chi connectivity index (χ1n) is 11.1. The zero-order valence-electron chi connectivity index (χ0n) is 19.5. The lowest BCUT2D eigenvalue weighted by molar-refractivity contribution is 0.415. The number of hydrogen-bond acceptors (Lipinski definition) is 5. The van der Waals surface area contributed by atoms with E-state index in [4.69, 9.17) is 15.7 Å². The van der Waals surface area contributed by atoms with Crippen LogP contribution in [0.25, 0.3) is 22.3 Å². The number of nitrogens with zero attached hydrogens (tertiary/aromatic N) is 2. The molecule has 0 bridgehead atoms. The monoisotopic (exact) mass is 496 g/mol. The van der Waals surface area contributed by atoms with E-state index in [9.17, 15) is 8.42 Å². The van der Waals surface area contributed by atoms with E-state index in [1.54, 1.807) is 37.4 Å². The molecule has 0 fully saturated rings. The first-order valence-corrected chi connectivity index (χ1v) is 12.5. The Balaban J connectivity index is 1.64. The van der Waals surface area contributed by atoms with Crippen molar-refractivity contribution in [3.8, 4) is 34.1 Å². The number of nitrogens with two attached hydrogens (primary N) is 1. The third kappa shape index (κ3) is 5.71. The van der Waals surface area contributed by atoms with Crippen molar-refractivity contribution in [3.63, 3.8) is 0 Å². The van der Waals surface area contributed by atoms with Gasteiger partial charge in [0.2, 0.25) is 5.96 Å². The van der Waals surface area contributed by atoms with Gasteiger partial charge in [-0.25, -0.2) is 18.1 Å². The highest BCUT2D eigenvalue weighted by Crippen LogP contribution is 2.34. The maximum atomic E-state index is 12.5. The van der Waals surface area contributed by atoms with Crippen LogP contribution in [0.15, 0.2) is 107 Å². The second-order valence-corrected chi connectivity index (χ2v) is 9.60. The maximum absolute atomic E-state index is 12.5. The lowest BCUT2D eigenvalue weighted by Gasteiger charge is -2.13. The molecule has 3 N–H and O–H groups in total. The van der Waals surface area contributed by atoms with Crippen LogP contribution in [0.1, 0.15) is 11.1 Å². The van der Waals surface area contributed by atoms with Crippen LogP contribution in [-0.4, -0.2) is 21.5 Å². The second-order valence-electron chi connectivity index (χ2n) is 7.92. The number of guanidine groups is 1. The number of benzene rings is 4. The van der Waals surface area contributed by atoms with E-state index >= 15 is 0 Å². The van der Waals surface area contributed by atoms with Gasteiger partial charge in [0.1, 0.15) is 5.75 Å². The average molecular weight is 497 g/mol. The van der Waals surface area contributed by atoms with Crippen LogP contribution in [0, 0.1) is 11.3 Å². The highest BCUT2D eigenvalue weighted by atomic mass is 32.2. The lowest BCUT2D eigenvalue weighted by atomic mass is 9.92. The fourth-order valence-corrected chi connectivity index (χ4v) is 4.65. The highest BCUT2D eigenvalue weighted by Gasteiger charge is 2.14. The minimum Gasteiger partial charge on any atom is -0.497 e. The fraction of sp³-hybridized carbons (Fsp3) is 0.0714. The quantitative estimate of drug-likeness (QED) is 0.284. The SMILES string of the molecule is COc1ccc(-c2cc(CN=C(N)NS(=O)(=O)c3ccccc3)ccc2-c2ccc(C#N)cc2)cc1. The van der Waals surface area contributed by atoms with Crippen molar-refractivity contribution in [3.05, 3.63) is 108 Å². The van der Waals surface area contributed by atoms with Crippen molar-refractivity contribution in [2.24, 2.45) is 10.7 Å². The molecule has 0 saturated heterocycles. The number of rotatable bonds is 7. The summed E-state index contributed by atoms with van der Waals surface area (Å²) in [4.78, 5) is 4.35. The van der Waals surface area contributed by atoms with Gasteiger partial charge in [-0.3, -0.25) is 0 Å². The van der Waals surface area contributed by atoms with E-state index in [2.05, 4.69) is 15.8 Å². The molecule has 0 aliphatic carbocycles. The second kappa shape index (κ2) is 10.8.